The maximum Gasteiger partial charge on any atom is 0.317 e. The van der Waals surface area contributed by atoms with Gasteiger partial charge in [-0.3, -0.25) is 4.40 Å². The molecule has 0 bridgehead atoms. The summed E-state index contributed by atoms with van der Waals surface area (Å²) >= 11 is 1.60. The first-order valence-electron chi connectivity index (χ1n) is 11.0. The van der Waals surface area contributed by atoms with Crippen LogP contribution in [-0.4, -0.2) is 38.9 Å². The fraction of sp³-hybridized carbons (Fsp3) is 0.478. The minimum Gasteiger partial charge on any atom is -0.335 e. The molecule has 1 N–H and O–H groups in total. The second-order valence-electron chi connectivity index (χ2n) is 8.47. The number of nitrogens with one attached hydrogen (secondary N) is 1. The van der Waals surface area contributed by atoms with E-state index in [1.165, 1.54) is 31.4 Å². The topological polar surface area (TPSA) is 49.6 Å². The summed E-state index contributed by atoms with van der Waals surface area (Å²) in [6, 6.07) is 7.27. The molecule has 158 valence electrons. The highest BCUT2D eigenvalue weighted by atomic mass is 32.1. The highest BCUT2D eigenvalue weighted by Crippen LogP contribution is 2.29. The number of thiazole rings is 1. The van der Waals surface area contributed by atoms with Crippen LogP contribution in [0.4, 0.5) is 9.18 Å². The standard InChI is InChI=1S/C23H27FN4OS/c24-17-8-6-16(7-9-17)21-14-28-20(15-30-23(28)26-21)12-13-27(19-10-11-19)22(29)25-18-4-2-1-3-5-18/h6-9,14-15,18-19H,1-5,10-13H2,(H,25,29). The van der Waals surface area contributed by atoms with Crippen molar-refractivity contribution in [3.05, 3.63) is 47.4 Å². The van der Waals surface area contributed by atoms with Gasteiger partial charge in [-0.05, 0) is 49.9 Å². The normalized spacial score (nSPS) is 17.4. The van der Waals surface area contributed by atoms with Gasteiger partial charge in [-0.2, -0.15) is 0 Å². The van der Waals surface area contributed by atoms with Crippen molar-refractivity contribution in [2.75, 3.05) is 6.54 Å². The van der Waals surface area contributed by atoms with Gasteiger partial charge in [0.25, 0.3) is 0 Å². The van der Waals surface area contributed by atoms with Crippen LogP contribution in [0.5, 0.6) is 0 Å². The van der Waals surface area contributed by atoms with Crippen LogP contribution in [-0.2, 0) is 6.42 Å². The van der Waals surface area contributed by atoms with Gasteiger partial charge in [0, 0.05) is 47.9 Å². The maximum absolute atomic E-state index is 13.2. The van der Waals surface area contributed by atoms with Gasteiger partial charge >= 0.3 is 6.03 Å². The first-order chi connectivity index (χ1) is 14.7. The van der Waals surface area contributed by atoms with E-state index in [9.17, 15) is 9.18 Å². The van der Waals surface area contributed by atoms with Gasteiger partial charge in [-0.25, -0.2) is 14.2 Å². The molecule has 2 fully saturated rings. The molecule has 5 nitrogen and oxygen atoms in total. The Hall–Kier alpha value is -2.41. The molecule has 2 aliphatic carbocycles. The number of urea groups is 1. The fourth-order valence-electron chi connectivity index (χ4n) is 4.34. The number of carbonyl (C=O) groups is 1. The Bertz CT molecular complexity index is 1020. The molecule has 5 rings (SSSR count). The van der Waals surface area contributed by atoms with Gasteiger partial charge < -0.3 is 10.2 Å². The van der Waals surface area contributed by atoms with E-state index in [0.717, 1.165) is 60.6 Å². The zero-order valence-electron chi connectivity index (χ0n) is 17.0. The zero-order valence-corrected chi connectivity index (χ0v) is 17.8. The molecule has 0 radical (unpaired) electrons. The van der Waals surface area contributed by atoms with Gasteiger partial charge in [0.1, 0.15) is 5.82 Å². The largest absolute Gasteiger partial charge is 0.335 e. The molecule has 0 spiro atoms. The Balaban J connectivity index is 1.27. The van der Waals surface area contributed by atoms with Crippen molar-refractivity contribution in [2.45, 2.75) is 63.5 Å². The third-order valence-corrected chi connectivity index (χ3v) is 7.10. The highest BCUT2D eigenvalue weighted by Gasteiger charge is 2.33. The quantitative estimate of drug-likeness (QED) is 0.585. The minimum absolute atomic E-state index is 0.105. The van der Waals surface area contributed by atoms with E-state index in [2.05, 4.69) is 20.1 Å². The number of hydrogen-bond acceptors (Lipinski definition) is 3. The molecular weight excluding hydrogens is 399 g/mol. The smallest absolute Gasteiger partial charge is 0.317 e. The number of aromatic nitrogens is 2. The Morgan fingerprint density at radius 2 is 1.93 bits per heavy atom. The summed E-state index contributed by atoms with van der Waals surface area (Å²) < 4.78 is 15.3. The van der Waals surface area contributed by atoms with E-state index in [1.807, 2.05) is 11.1 Å². The summed E-state index contributed by atoms with van der Waals surface area (Å²) in [7, 11) is 0. The van der Waals surface area contributed by atoms with Gasteiger partial charge in [0.15, 0.2) is 4.96 Å². The van der Waals surface area contributed by atoms with E-state index in [1.54, 1.807) is 23.5 Å². The number of benzene rings is 1. The molecule has 0 atom stereocenters. The van der Waals surface area contributed by atoms with Crippen molar-refractivity contribution in [1.82, 2.24) is 19.6 Å². The molecule has 0 saturated heterocycles. The molecule has 2 heterocycles. The van der Waals surface area contributed by atoms with Gasteiger partial charge in [0.05, 0.1) is 5.69 Å². The Labute approximate surface area is 179 Å². The van der Waals surface area contributed by atoms with Gasteiger partial charge in [-0.1, -0.05) is 19.3 Å². The summed E-state index contributed by atoms with van der Waals surface area (Å²) in [6.07, 6.45) is 11.0. The van der Waals surface area contributed by atoms with Crippen LogP contribution in [0.3, 0.4) is 0 Å². The highest BCUT2D eigenvalue weighted by molar-refractivity contribution is 7.15. The van der Waals surface area contributed by atoms with E-state index >= 15 is 0 Å². The molecule has 3 aromatic rings. The lowest BCUT2D eigenvalue weighted by molar-refractivity contribution is 0.187. The van der Waals surface area contributed by atoms with Crippen LogP contribution in [0.1, 0.15) is 50.6 Å². The molecule has 0 unspecified atom stereocenters. The molecule has 2 aromatic heterocycles. The molecule has 30 heavy (non-hydrogen) atoms. The monoisotopic (exact) mass is 426 g/mol. The van der Waals surface area contributed by atoms with E-state index in [4.69, 9.17) is 0 Å². The number of nitrogens with zero attached hydrogens (tertiary/aromatic N) is 3. The number of halogens is 1. The van der Waals surface area contributed by atoms with Crippen molar-refractivity contribution in [3.8, 4) is 11.3 Å². The zero-order chi connectivity index (χ0) is 20.5. The summed E-state index contributed by atoms with van der Waals surface area (Å²) in [6.45, 7) is 0.721. The predicted octanol–water partition coefficient (Wildman–Crippen LogP) is 5.25. The average molecular weight is 427 g/mol. The van der Waals surface area contributed by atoms with Gasteiger partial charge in [-0.15, -0.1) is 11.3 Å². The van der Waals surface area contributed by atoms with Crippen molar-refractivity contribution >= 4 is 22.3 Å². The fourth-order valence-corrected chi connectivity index (χ4v) is 5.25. The molecule has 2 aliphatic rings. The number of carbonyl (C=O) groups excluding carboxylic acids is 1. The van der Waals surface area contributed by atoms with Crippen LogP contribution >= 0.6 is 11.3 Å². The lowest BCUT2D eigenvalue weighted by atomic mass is 9.96. The summed E-state index contributed by atoms with van der Waals surface area (Å²) in [5, 5.41) is 5.40. The summed E-state index contributed by atoms with van der Waals surface area (Å²) in [4.78, 5) is 20.5. The van der Waals surface area contributed by atoms with E-state index in [-0.39, 0.29) is 11.8 Å². The van der Waals surface area contributed by atoms with Crippen molar-refractivity contribution < 1.29 is 9.18 Å². The Morgan fingerprint density at radius 1 is 1.17 bits per heavy atom. The third-order valence-electron chi connectivity index (χ3n) is 6.21. The maximum atomic E-state index is 13.2. The van der Waals surface area contributed by atoms with Crippen LogP contribution in [0.25, 0.3) is 16.2 Å². The number of amides is 2. The minimum atomic E-state index is -0.243. The van der Waals surface area contributed by atoms with E-state index in [0.29, 0.717) is 12.1 Å². The molecular formula is C23H27FN4OS. The first kappa shape index (κ1) is 19.5. The number of imidazole rings is 1. The predicted molar refractivity (Wildman–Crippen MR) is 117 cm³/mol. The second-order valence-corrected chi connectivity index (χ2v) is 9.31. The van der Waals surface area contributed by atoms with Crippen LogP contribution in [0, 0.1) is 5.82 Å². The SMILES string of the molecule is O=C(NC1CCCCC1)N(CCc1csc2nc(-c3ccc(F)cc3)cn12)C1CC1. The Morgan fingerprint density at radius 3 is 2.67 bits per heavy atom. The summed E-state index contributed by atoms with van der Waals surface area (Å²) in [5.74, 6) is -0.243. The average Bonchev–Trinajstić information content (AvgIpc) is 3.39. The number of hydrogen-bond donors (Lipinski definition) is 1. The van der Waals surface area contributed by atoms with Crippen LogP contribution in [0.15, 0.2) is 35.8 Å². The molecule has 2 amide bonds. The molecule has 7 heteroatoms. The molecule has 0 aliphatic heterocycles. The van der Waals surface area contributed by atoms with Crippen LogP contribution in [0.2, 0.25) is 0 Å². The Kier molecular flexibility index (Phi) is 5.46. The number of fused-ring (bicyclic) bond motifs is 1. The van der Waals surface area contributed by atoms with Crippen molar-refractivity contribution in [3.63, 3.8) is 0 Å². The summed E-state index contributed by atoms with van der Waals surface area (Å²) in [5.41, 5.74) is 2.91. The lowest BCUT2D eigenvalue weighted by Crippen LogP contribution is -2.47. The van der Waals surface area contributed by atoms with Crippen molar-refractivity contribution in [2.24, 2.45) is 0 Å². The first-order valence-corrected chi connectivity index (χ1v) is 11.8. The number of rotatable bonds is 6. The van der Waals surface area contributed by atoms with Gasteiger partial charge in [0.2, 0.25) is 0 Å². The molecule has 2 saturated carbocycles. The van der Waals surface area contributed by atoms with E-state index < -0.39 is 0 Å². The second kappa shape index (κ2) is 8.38. The van der Waals surface area contributed by atoms with Crippen molar-refractivity contribution in [1.29, 1.82) is 0 Å². The third kappa shape index (κ3) is 4.21. The lowest BCUT2D eigenvalue weighted by Gasteiger charge is -2.28. The van der Waals surface area contributed by atoms with Crippen LogP contribution < -0.4 is 5.32 Å². The molecule has 1 aromatic carbocycles.